The number of likely N-dealkylation sites (N-methyl/N-ethyl adjacent to an activating group) is 1. The van der Waals surface area contributed by atoms with E-state index >= 15 is 0 Å². The Balaban J connectivity index is 1.87. The molecule has 1 fully saturated rings. The maximum atomic E-state index is 12.3. The summed E-state index contributed by atoms with van der Waals surface area (Å²) >= 11 is 5.79. The van der Waals surface area contributed by atoms with Gasteiger partial charge in [0.05, 0.1) is 23.4 Å². The van der Waals surface area contributed by atoms with Crippen LogP contribution in [0.4, 0.5) is 0 Å². The van der Waals surface area contributed by atoms with Gasteiger partial charge in [0.25, 0.3) is 0 Å². The van der Waals surface area contributed by atoms with Crippen LogP contribution in [-0.2, 0) is 11.3 Å². The molecule has 7 heteroatoms. The first-order chi connectivity index (χ1) is 9.88. The van der Waals surface area contributed by atoms with E-state index in [4.69, 9.17) is 11.6 Å². The normalized spacial score (nSPS) is 22.8. The Morgan fingerprint density at radius 2 is 2.33 bits per heavy atom. The van der Waals surface area contributed by atoms with Gasteiger partial charge in [-0.1, -0.05) is 11.6 Å². The fraction of sp³-hybridized carbons (Fsp3) is 0.714. The highest BCUT2D eigenvalue weighted by Crippen LogP contribution is 2.22. The van der Waals surface area contributed by atoms with E-state index in [1.54, 1.807) is 22.0 Å². The summed E-state index contributed by atoms with van der Waals surface area (Å²) in [5, 5.41) is 15.2. The smallest absolute Gasteiger partial charge is 0.224 e. The van der Waals surface area contributed by atoms with E-state index in [2.05, 4.69) is 5.10 Å². The number of piperidine rings is 1. The van der Waals surface area contributed by atoms with Crippen LogP contribution in [0.15, 0.2) is 12.4 Å². The number of β-amino-alcohol motifs (C(OH)–C–C–N with tert-alkyl or cyclic N) is 1. The van der Waals surface area contributed by atoms with Crippen LogP contribution in [0.5, 0.6) is 0 Å². The number of amides is 1. The first-order valence-electron chi connectivity index (χ1n) is 7.21. The Morgan fingerprint density at radius 3 is 2.95 bits per heavy atom. The maximum Gasteiger partial charge on any atom is 0.224 e. The lowest BCUT2D eigenvalue weighted by molar-refractivity contribution is -0.139. The van der Waals surface area contributed by atoms with Crippen molar-refractivity contribution < 1.29 is 9.90 Å². The predicted molar refractivity (Wildman–Crippen MR) is 81.2 cm³/mol. The number of aryl methyl sites for hydroxylation is 1. The molecule has 0 saturated carbocycles. The number of halogens is 1. The van der Waals surface area contributed by atoms with Crippen molar-refractivity contribution in [2.75, 3.05) is 33.7 Å². The second-order valence-electron chi connectivity index (χ2n) is 6.05. The summed E-state index contributed by atoms with van der Waals surface area (Å²) in [4.78, 5) is 16.0. The first kappa shape index (κ1) is 16.3. The van der Waals surface area contributed by atoms with Crippen LogP contribution in [0.3, 0.4) is 0 Å². The van der Waals surface area contributed by atoms with Gasteiger partial charge >= 0.3 is 0 Å². The molecule has 1 aromatic rings. The lowest BCUT2D eigenvalue weighted by Crippen LogP contribution is -2.54. The van der Waals surface area contributed by atoms with Crippen molar-refractivity contribution in [3.8, 4) is 0 Å². The van der Waals surface area contributed by atoms with Gasteiger partial charge in [-0.2, -0.15) is 5.10 Å². The van der Waals surface area contributed by atoms with E-state index in [1.165, 1.54) is 0 Å². The number of hydrogen-bond donors (Lipinski definition) is 1. The summed E-state index contributed by atoms with van der Waals surface area (Å²) < 4.78 is 1.66. The molecule has 0 spiro atoms. The minimum absolute atomic E-state index is 0.0542. The molecule has 6 nitrogen and oxygen atoms in total. The number of rotatable bonds is 5. The topological polar surface area (TPSA) is 61.6 Å². The molecule has 2 heterocycles. The largest absolute Gasteiger partial charge is 0.387 e. The Hall–Kier alpha value is -1.11. The summed E-state index contributed by atoms with van der Waals surface area (Å²) in [5.74, 6) is 0.0542. The van der Waals surface area contributed by atoms with Crippen LogP contribution < -0.4 is 0 Å². The molecule has 2 rings (SSSR count). The monoisotopic (exact) mass is 314 g/mol. The Morgan fingerprint density at radius 1 is 1.57 bits per heavy atom. The quantitative estimate of drug-likeness (QED) is 0.875. The van der Waals surface area contributed by atoms with Crippen LogP contribution in [0.25, 0.3) is 0 Å². The Bertz CT molecular complexity index is 491. The molecule has 0 bridgehead atoms. The van der Waals surface area contributed by atoms with E-state index < -0.39 is 5.60 Å². The maximum absolute atomic E-state index is 12.3. The van der Waals surface area contributed by atoms with Crippen molar-refractivity contribution in [2.24, 2.45) is 0 Å². The number of carbonyl (C=O) groups is 1. The third-order valence-electron chi connectivity index (χ3n) is 3.68. The first-order valence-corrected chi connectivity index (χ1v) is 7.59. The van der Waals surface area contributed by atoms with E-state index in [0.717, 1.165) is 12.8 Å². The molecule has 0 radical (unpaired) electrons. The minimum Gasteiger partial charge on any atom is -0.387 e. The number of carbonyl (C=O) groups excluding carboxylic acids is 1. The van der Waals surface area contributed by atoms with Gasteiger partial charge in [0, 0.05) is 32.3 Å². The lowest BCUT2D eigenvalue weighted by atomic mass is 9.92. The molecular weight excluding hydrogens is 292 g/mol. The lowest BCUT2D eigenvalue weighted by Gasteiger charge is -2.40. The number of aromatic nitrogens is 2. The second-order valence-corrected chi connectivity index (χ2v) is 6.49. The predicted octanol–water partition coefficient (Wildman–Crippen LogP) is 0.842. The Labute approximate surface area is 130 Å². The van der Waals surface area contributed by atoms with Crippen LogP contribution in [0.2, 0.25) is 5.02 Å². The van der Waals surface area contributed by atoms with Gasteiger partial charge < -0.3 is 14.9 Å². The zero-order valence-electron chi connectivity index (χ0n) is 12.6. The zero-order chi connectivity index (χ0) is 15.5. The molecule has 1 saturated heterocycles. The average Bonchev–Trinajstić information content (AvgIpc) is 2.80. The zero-order valence-corrected chi connectivity index (χ0v) is 13.4. The van der Waals surface area contributed by atoms with Crippen LogP contribution >= 0.6 is 11.6 Å². The molecule has 1 aliphatic heterocycles. The van der Waals surface area contributed by atoms with Gasteiger partial charge in [0.1, 0.15) is 0 Å². The molecule has 1 aromatic heterocycles. The summed E-state index contributed by atoms with van der Waals surface area (Å²) in [5.41, 5.74) is -0.799. The third kappa shape index (κ3) is 4.69. The highest BCUT2D eigenvalue weighted by Gasteiger charge is 2.35. The fourth-order valence-corrected chi connectivity index (χ4v) is 3.03. The summed E-state index contributed by atoms with van der Waals surface area (Å²) in [6, 6.07) is 0. The molecule has 118 valence electrons. The molecule has 0 aromatic carbocycles. The molecule has 0 aliphatic carbocycles. The number of aliphatic hydroxyl groups is 1. The standard InChI is InChI=1S/C14H23ClN4O2/c1-17(2)10-14(21)5-3-6-18(11-14)13(20)4-7-19-9-12(15)8-16-19/h8-9,21H,3-7,10-11H2,1-2H3/t14-/m1/s1. The molecular formula is C14H23ClN4O2. The second kappa shape index (κ2) is 6.77. The number of hydrogen-bond acceptors (Lipinski definition) is 4. The molecule has 1 N–H and O–H groups in total. The van der Waals surface area contributed by atoms with Crippen molar-refractivity contribution in [2.45, 2.75) is 31.4 Å². The SMILES string of the molecule is CN(C)C[C@]1(O)CCCN(C(=O)CCn2cc(Cl)cn2)C1. The highest BCUT2D eigenvalue weighted by atomic mass is 35.5. The van der Waals surface area contributed by atoms with Crippen molar-refractivity contribution in [3.05, 3.63) is 17.4 Å². The van der Waals surface area contributed by atoms with Crippen LogP contribution in [0.1, 0.15) is 19.3 Å². The third-order valence-corrected chi connectivity index (χ3v) is 3.87. The van der Waals surface area contributed by atoms with Gasteiger partial charge in [-0.25, -0.2) is 0 Å². The van der Waals surface area contributed by atoms with E-state index in [9.17, 15) is 9.90 Å². The number of likely N-dealkylation sites (tertiary alicyclic amines) is 1. The van der Waals surface area contributed by atoms with Crippen LogP contribution in [0, 0.1) is 0 Å². The molecule has 0 unspecified atom stereocenters. The van der Waals surface area contributed by atoms with Crippen LogP contribution in [-0.4, -0.2) is 69.9 Å². The van der Waals surface area contributed by atoms with Gasteiger partial charge in [0.2, 0.25) is 5.91 Å². The minimum atomic E-state index is -0.799. The van der Waals surface area contributed by atoms with E-state index in [1.807, 2.05) is 19.0 Å². The fourth-order valence-electron chi connectivity index (χ4n) is 2.87. The van der Waals surface area contributed by atoms with Crippen molar-refractivity contribution in [3.63, 3.8) is 0 Å². The van der Waals surface area contributed by atoms with E-state index in [-0.39, 0.29) is 5.91 Å². The van der Waals surface area contributed by atoms with Gasteiger partial charge in [0.15, 0.2) is 0 Å². The number of nitrogens with zero attached hydrogens (tertiary/aromatic N) is 4. The van der Waals surface area contributed by atoms with Gasteiger partial charge in [-0.15, -0.1) is 0 Å². The van der Waals surface area contributed by atoms with Crippen molar-refractivity contribution in [1.82, 2.24) is 19.6 Å². The van der Waals surface area contributed by atoms with Crippen molar-refractivity contribution in [1.29, 1.82) is 0 Å². The summed E-state index contributed by atoms with van der Waals surface area (Å²) in [6.45, 7) is 2.21. The Kier molecular flexibility index (Phi) is 5.24. The van der Waals surface area contributed by atoms with E-state index in [0.29, 0.717) is 37.6 Å². The van der Waals surface area contributed by atoms with Crippen molar-refractivity contribution >= 4 is 17.5 Å². The highest BCUT2D eigenvalue weighted by molar-refractivity contribution is 6.30. The average molecular weight is 315 g/mol. The summed E-state index contributed by atoms with van der Waals surface area (Å²) in [7, 11) is 3.86. The molecule has 1 atom stereocenters. The summed E-state index contributed by atoms with van der Waals surface area (Å²) in [6.07, 6.45) is 5.21. The van der Waals surface area contributed by atoms with Gasteiger partial charge in [-0.3, -0.25) is 9.48 Å². The molecule has 1 aliphatic rings. The molecule has 21 heavy (non-hydrogen) atoms. The molecule has 1 amide bonds. The van der Waals surface area contributed by atoms with Gasteiger partial charge in [-0.05, 0) is 26.9 Å².